The topological polar surface area (TPSA) is 33.7 Å². The van der Waals surface area contributed by atoms with Crippen molar-refractivity contribution in [3.8, 4) is 5.75 Å². The van der Waals surface area contributed by atoms with Crippen LogP contribution < -0.4 is 10.1 Å². The van der Waals surface area contributed by atoms with E-state index in [4.69, 9.17) is 21.1 Å². The lowest BCUT2D eigenvalue weighted by Gasteiger charge is -2.41. The number of methoxy groups -OCH3 is 1. The average Bonchev–Trinajstić information content (AvgIpc) is 2.47. The summed E-state index contributed by atoms with van der Waals surface area (Å²) in [5.41, 5.74) is 1.03. The summed E-state index contributed by atoms with van der Waals surface area (Å²) in [7, 11) is 3.62. The van der Waals surface area contributed by atoms with Gasteiger partial charge in [0.15, 0.2) is 0 Å². The van der Waals surface area contributed by atoms with Crippen LogP contribution in [0.1, 0.15) is 18.5 Å². The van der Waals surface area contributed by atoms with Crippen LogP contribution >= 0.6 is 11.6 Å². The summed E-state index contributed by atoms with van der Waals surface area (Å²) in [6, 6.07) is 5.90. The molecule has 2 atom stereocenters. The van der Waals surface area contributed by atoms with E-state index in [-0.39, 0.29) is 12.1 Å². The summed E-state index contributed by atoms with van der Waals surface area (Å²) in [5.74, 6) is 0.826. The van der Waals surface area contributed by atoms with Crippen molar-refractivity contribution in [3.63, 3.8) is 0 Å². The first-order valence-electron chi connectivity index (χ1n) is 7.05. The van der Waals surface area contributed by atoms with Crippen molar-refractivity contribution < 1.29 is 9.47 Å². The Labute approximate surface area is 126 Å². The Bertz CT molecular complexity index is 440. The number of nitrogens with one attached hydrogen (secondary N) is 1. The van der Waals surface area contributed by atoms with Gasteiger partial charge >= 0.3 is 0 Å². The first-order chi connectivity index (χ1) is 9.72. The van der Waals surface area contributed by atoms with E-state index in [0.717, 1.165) is 42.6 Å². The van der Waals surface area contributed by atoms with Crippen molar-refractivity contribution in [2.75, 3.05) is 40.4 Å². The maximum atomic E-state index is 6.45. The quantitative estimate of drug-likeness (QED) is 0.905. The van der Waals surface area contributed by atoms with Crippen molar-refractivity contribution in [2.45, 2.75) is 19.1 Å². The minimum absolute atomic E-state index is 0.0718. The third-order valence-corrected chi connectivity index (χ3v) is 4.13. The van der Waals surface area contributed by atoms with Crippen molar-refractivity contribution in [2.24, 2.45) is 0 Å². The van der Waals surface area contributed by atoms with Crippen LogP contribution in [0.3, 0.4) is 0 Å². The Kier molecular flexibility index (Phi) is 5.66. The Morgan fingerprint density at radius 2 is 2.30 bits per heavy atom. The van der Waals surface area contributed by atoms with E-state index in [1.165, 1.54) is 0 Å². The number of halogens is 1. The monoisotopic (exact) mass is 298 g/mol. The summed E-state index contributed by atoms with van der Waals surface area (Å²) in [6.45, 7) is 5.58. The lowest BCUT2D eigenvalue weighted by molar-refractivity contribution is -0.0692. The molecular weight excluding hydrogens is 276 g/mol. The van der Waals surface area contributed by atoms with Gasteiger partial charge in [0.2, 0.25) is 0 Å². The molecule has 0 saturated carbocycles. The standard InChI is InChI=1S/C15H23ClN2O2/c1-4-18-8-9-20-13(10-17-2)15(18)14-11(16)6-5-7-12(14)19-3/h5-7,13,15,17H,4,8-10H2,1-3H3. The third-order valence-electron chi connectivity index (χ3n) is 3.80. The van der Waals surface area contributed by atoms with Crippen LogP contribution in [-0.2, 0) is 4.74 Å². The molecule has 1 heterocycles. The van der Waals surface area contributed by atoms with Gasteiger partial charge in [-0.2, -0.15) is 0 Å². The maximum Gasteiger partial charge on any atom is 0.125 e. The number of likely N-dealkylation sites (N-methyl/N-ethyl adjacent to an activating group) is 2. The molecule has 4 nitrogen and oxygen atoms in total. The second-order valence-electron chi connectivity index (χ2n) is 4.90. The first kappa shape index (κ1) is 15.6. The number of nitrogens with zero attached hydrogens (tertiary/aromatic N) is 1. The molecular formula is C15H23ClN2O2. The molecule has 112 valence electrons. The van der Waals surface area contributed by atoms with Gasteiger partial charge in [-0.3, -0.25) is 4.90 Å². The highest BCUT2D eigenvalue weighted by Crippen LogP contribution is 2.39. The molecule has 2 rings (SSSR count). The van der Waals surface area contributed by atoms with E-state index < -0.39 is 0 Å². The molecule has 1 aromatic rings. The van der Waals surface area contributed by atoms with Crippen LogP contribution in [0.2, 0.25) is 5.02 Å². The number of hydrogen-bond acceptors (Lipinski definition) is 4. The van der Waals surface area contributed by atoms with Gasteiger partial charge in [-0.25, -0.2) is 0 Å². The molecule has 20 heavy (non-hydrogen) atoms. The smallest absolute Gasteiger partial charge is 0.125 e. The molecule has 1 aromatic carbocycles. The van der Waals surface area contributed by atoms with Crippen molar-refractivity contribution in [1.82, 2.24) is 10.2 Å². The molecule has 0 bridgehead atoms. The summed E-state index contributed by atoms with van der Waals surface area (Å²) >= 11 is 6.45. The number of ether oxygens (including phenoxy) is 2. The van der Waals surface area contributed by atoms with Crippen molar-refractivity contribution >= 4 is 11.6 Å². The fourth-order valence-corrected chi connectivity index (χ4v) is 3.14. The Hall–Kier alpha value is -0.810. The molecule has 0 radical (unpaired) electrons. The Morgan fingerprint density at radius 3 is 2.95 bits per heavy atom. The zero-order valence-electron chi connectivity index (χ0n) is 12.4. The summed E-state index contributed by atoms with van der Waals surface area (Å²) in [4.78, 5) is 2.40. The number of hydrogen-bond donors (Lipinski definition) is 1. The van der Waals surface area contributed by atoms with E-state index in [1.54, 1.807) is 7.11 Å². The molecule has 0 aromatic heterocycles. The van der Waals surface area contributed by atoms with E-state index in [0.29, 0.717) is 0 Å². The predicted octanol–water partition coefficient (Wildman–Crippen LogP) is 2.33. The van der Waals surface area contributed by atoms with E-state index in [9.17, 15) is 0 Å². The minimum atomic E-state index is 0.0718. The van der Waals surface area contributed by atoms with E-state index >= 15 is 0 Å². The van der Waals surface area contributed by atoms with Crippen molar-refractivity contribution in [1.29, 1.82) is 0 Å². The van der Waals surface area contributed by atoms with Gasteiger partial charge in [-0.1, -0.05) is 24.6 Å². The van der Waals surface area contributed by atoms with Gasteiger partial charge in [-0.05, 0) is 25.7 Å². The van der Waals surface area contributed by atoms with Gasteiger partial charge in [-0.15, -0.1) is 0 Å². The maximum absolute atomic E-state index is 6.45. The molecule has 0 amide bonds. The number of rotatable bonds is 5. The van der Waals surface area contributed by atoms with Crippen LogP contribution in [0, 0.1) is 0 Å². The molecule has 1 saturated heterocycles. The molecule has 1 N–H and O–H groups in total. The number of benzene rings is 1. The van der Waals surface area contributed by atoms with Crippen LogP contribution in [0.25, 0.3) is 0 Å². The van der Waals surface area contributed by atoms with Crippen LogP contribution in [-0.4, -0.2) is 51.4 Å². The minimum Gasteiger partial charge on any atom is -0.496 e. The molecule has 1 aliphatic rings. The van der Waals surface area contributed by atoms with Crippen LogP contribution in [0.15, 0.2) is 18.2 Å². The van der Waals surface area contributed by atoms with Crippen LogP contribution in [0.4, 0.5) is 0 Å². The largest absolute Gasteiger partial charge is 0.496 e. The first-order valence-corrected chi connectivity index (χ1v) is 7.43. The van der Waals surface area contributed by atoms with E-state index in [1.807, 2.05) is 25.2 Å². The van der Waals surface area contributed by atoms with Gasteiger partial charge in [0.25, 0.3) is 0 Å². The Morgan fingerprint density at radius 1 is 1.50 bits per heavy atom. The lowest BCUT2D eigenvalue weighted by atomic mass is 9.96. The highest BCUT2D eigenvalue weighted by Gasteiger charge is 2.35. The van der Waals surface area contributed by atoms with Crippen molar-refractivity contribution in [3.05, 3.63) is 28.8 Å². The fourth-order valence-electron chi connectivity index (χ4n) is 2.86. The Balaban J connectivity index is 2.43. The third kappa shape index (κ3) is 3.09. The molecule has 5 heteroatoms. The average molecular weight is 299 g/mol. The SMILES string of the molecule is CCN1CCOC(CNC)C1c1c(Cl)cccc1OC. The van der Waals surface area contributed by atoms with Gasteiger partial charge in [0, 0.05) is 23.7 Å². The van der Waals surface area contributed by atoms with Gasteiger partial charge < -0.3 is 14.8 Å². The normalized spacial score (nSPS) is 23.8. The molecule has 0 aliphatic carbocycles. The second-order valence-corrected chi connectivity index (χ2v) is 5.30. The predicted molar refractivity (Wildman–Crippen MR) is 81.7 cm³/mol. The van der Waals surface area contributed by atoms with Gasteiger partial charge in [0.05, 0.1) is 25.9 Å². The number of morpholine rings is 1. The summed E-state index contributed by atoms with van der Waals surface area (Å²) in [5, 5.41) is 3.94. The molecule has 2 unspecified atom stereocenters. The van der Waals surface area contributed by atoms with E-state index in [2.05, 4.69) is 17.1 Å². The summed E-state index contributed by atoms with van der Waals surface area (Å²) in [6.07, 6.45) is 0.0718. The molecule has 1 aliphatic heterocycles. The zero-order chi connectivity index (χ0) is 14.5. The fraction of sp³-hybridized carbons (Fsp3) is 0.600. The highest BCUT2D eigenvalue weighted by molar-refractivity contribution is 6.31. The zero-order valence-corrected chi connectivity index (χ0v) is 13.1. The lowest BCUT2D eigenvalue weighted by Crippen LogP contribution is -2.48. The molecule has 1 fully saturated rings. The van der Waals surface area contributed by atoms with Gasteiger partial charge in [0.1, 0.15) is 5.75 Å². The molecule has 0 spiro atoms. The highest BCUT2D eigenvalue weighted by atomic mass is 35.5. The second kappa shape index (κ2) is 7.27. The summed E-state index contributed by atoms with van der Waals surface area (Å²) < 4.78 is 11.5. The van der Waals surface area contributed by atoms with Crippen LogP contribution in [0.5, 0.6) is 5.75 Å².